The van der Waals surface area contributed by atoms with Crippen molar-refractivity contribution in [2.24, 2.45) is 0 Å². The van der Waals surface area contributed by atoms with Crippen LogP contribution in [0.3, 0.4) is 0 Å². The Morgan fingerprint density at radius 1 is 0.829 bits per heavy atom. The number of carbonyl (C=O) groups is 1. The van der Waals surface area contributed by atoms with Crippen molar-refractivity contribution in [3.8, 4) is 0 Å². The summed E-state index contributed by atoms with van der Waals surface area (Å²) in [5.74, 6) is 0. The average molecular weight is 490 g/mol. The molecule has 0 saturated carbocycles. The van der Waals surface area contributed by atoms with Crippen LogP contribution in [0.25, 0.3) is 10.9 Å². The molecule has 0 fully saturated rings. The molecule has 2 aromatic carbocycles. The maximum atomic E-state index is 13.7. The third-order valence-corrected chi connectivity index (χ3v) is 5.11. The first-order valence-electron chi connectivity index (χ1n) is 10.1. The van der Waals surface area contributed by atoms with Crippen molar-refractivity contribution in [2.45, 2.75) is 18.4 Å². The zero-order valence-corrected chi connectivity index (χ0v) is 17.7. The third kappa shape index (κ3) is 5.51. The van der Waals surface area contributed by atoms with Crippen LogP contribution >= 0.6 is 0 Å². The Bertz CT molecular complexity index is 1350. The highest BCUT2D eigenvalue weighted by Crippen LogP contribution is 2.36. The van der Waals surface area contributed by atoms with E-state index in [1.165, 1.54) is 6.20 Å². The lowest BCUT2D eigenvalue weighted by Gasteiger charge is -2.23. The average Bonchev–Trinajstić information content (AvgIpc) is 2.81. The zero-order chi connectivity index (χ0) is 25.2. The van der Waals surface area contributed by atoms with Crippen molar-refractivity contribution >= 4 is 22.6 Å². The molecule has 2 amide bonds. The predicted octanol–water partition coefficient (Wildman–Crippen LogP) is 6.58. The van der Waals surface area contributed by atoms with E-state index in [2.05, 4.69) is 20.6 Å². The Morgan fingerprint density at radius 3 is 2.23 bits per heavy atom. The number of benzene rings is 2. The molecule has 1 unspecified atom stereocenters. The minimum atomic E-state index is -4.81. The van der Waals surface area contributed by atoms with Gasteiger partial charge in [0.25, 0.3) is 0 Å². The number of fused-ring (bicyclic) bond motifs is 1. The minimum Gasteiger partial charge on any atom is -0.325 e. The van der Waals surface area contributed by atoms with Gasteiger partial charge in [0.15, 0.2) is 0 Å². The van der Waals surface area contributed by atoms with Gasteiger partial charge in [0.05, 0.1) is 40.3 Å². The molecule has 4 aromatic rings. The number of nitrogens with one attached hydrogen (secondary N) is 2. The van der Waals surface area contributed by atoms with Gasteiger partial charge in [0.1, 0.15) is 0 Å². The van der Waals surface area contributed by atoms with Gasteiger partial charge in [-0.05, 0) is 42.0 Å². The van der Waals surface area contributed by atoms with Gasteiger partial charge in [0.2, 0.25) is 0 Å². The Kier molecular flexibility index (Phi) is 6.33. The second-order valence-electron chi connectivity index (χ2n) is 7.50. The SMILES string of the molecule is O=C(Nc1cnc2ccccc2c1)NC(c1ccc(C(F)(F)F)cc1)c1ncccc1C(F)(F)F. The normalized spacial score (nSPS) is 12.9. The van der Waals surface area contributed by atoms with Gasteiger partial charge in [0, 0.05) is 11.6 Å². The molecule has 2 aromatic heterocycles. The molecule has 2 heterocycles. The molecule has 0 aliphatic carbocycles. The topological polar surface area (TPSA) is 66.9 Å². The maximum Gasteiger partial charge on any atom is 0.418 e. The number of carbonyl (C=O) groups excluding carboxylic acids is 1. The van der Waals surface area contributed by atoms with E-state index in [9.17, 15) is 31.1 Å². The fourth-order valence-electron chi connectivity index (χ4n) is 3.50. The molecular weight excluding hydrogens is 474 g/mol. The number of para-hydroxylation sites is 1. The number of aromatic nitrogens is 2. The lowest BCUT2D eigenvalue weighted by Crippen LogP contribution is -2.35. The van der Waals surface area contributed by atoms with Crippen LogP contribution in [0.2, 0.25) is 0 Å². The summed E-state index contributed by atoms with van der Waals surface area (Å²) in [6.07, 6.45) is -6.97. The van der Waals surface area contributed by atoms with Gasteiger partial charge in [-0.15, -0.1) is 0 Å². The second-order valence-corrected chi connectivity index (χ2v) is 7.50. The van der Waals surface area contributed by atoms with Crippen molar-refractivity contribution in [2.75, 3.05) is 5.32 Å². The molecule has 0 radical (unpaired) electrons. The molecule has 1 atom stereocenters. The van der Waals surface area contributed by atoms with E-state index in [0.717, 1.165) is 42.6 Å². The lowest BCUT2D eigenvalue weighted by molar-refractivity contribution is -0.139. The molecule has 5 nitrogen and oxygen atoms in total. The number of amides is 2. The molecule has 11 heteroatoms. The first-order valence-corrected chi connectivity index (χ1v) is 10.1. The highest BCUT2D eigenvalue weighted by Gasteiger charge is 2.37. The zero-order valence-electron chi connectivity index (χ0n) is 17.7. The van der Waals surface area contributed by atoms with Crippen LogP contribution in [0, 0.1) is 0 Å². The van der Waals surface area contributed by atoms with Gasteiger partial charge in [-0.3, -0.25) is 9.97 Å². The number of anilines is 1. The summed E-state index contributed by atoms with van der Waals surface area (Å²) in [5, 5.41) is 5.61. The molecule has 0 spiro atoms. The van der Waals surface area contributed by atoms with Crippen LogP contribution < -0.4 is 10.6 Å². The molecule has 0 bridgehead atoms. The summed E-state index contributed by atoms with van der Waals surface area (Å²) >= 11 is 0. The van der Waals surface area contributed by atoms with E-state index in [0.29, 0.717) is 10.9 Å². The first-order chi connectivity index (χ1) is 16.5. The predicted molar refractivity (Wildman–Crippen MR) is 116 cm³/mol. The van der Waals surface area contributed by atoms with E-state index < -0.39 is 41.2 Å². The van der Waals surface area contributed by atoms with Gasteiger partial charge in [-0.25, -0.2) is 4.79 Å². The number of hydrogen-bond acceptors (Lipinski definition) is 3. The second kappa shape index (κ2) is 9.24. The highest BCUT2D eigenvalue weighted by molar-refractivity contribution is 5.92. The number of hydrogen-bond donors (Lipinski definition) is 2. The molecule has 4 rings (SSSR count). The van der Waals surface area contributed by atoms with E-state index in [1.807, 2.05) is 0 Å². The van der Waals surface area contributed by atoms with E-state index in [1.54, 1.807) is 30.3 Å². The van der Waals surface area contributed by atoms with Crippen LogP contribution in [-0.2, 0) is 12.4 Å². The van der Waals surface area contributed by atoms with Gasteiger partial charge in [-0.2, -0.15) is 26.3 Å². The molecular formula is C24H16F6N4O. The van der Waals surface area contributed by atoms with Crippen molar-refractivity contribution in [3.63, 3.8) is 0 Å². The Labute approximate surface area is 194 Å². The monoisotopic (exact) mass is 490 g/mol. The van der Waals surface area contributed by atoms with Gasteiger partial charge < -0.3 is 10.6 Å². The fourth-order valence-corrected chi connectivity index (χ4v) is 3.50. The molecule has 35 heavy (non-hydrogen) atoms. The molecule has 180 valence electrons. The molecule has 2 N–H and O–H groups in total. The third-order valence-electron chi connectivity index (χ3n) is 5.11. The molecule has 0 aliphatic heterocycles. The number of alkyl halides is 6. The number of pyridine rings is 2. The van der Waals surface area contributed by atoms with Crippen LogP contribution in [0.5, 0.6) is 0 Å². The summed E-state index contributed by atoms with van der Waals surface area (Å²) in [6, 6.07) is 11.6. The fraction of sp³-hybridized carbons (Fsp3) is 0.125. The van der Waals surface area contributed by atoms with Gasteiger partial charge >= 0.3 is 18.4 Å². The van der Waals surface area contributed by atoms with Crippen molar-refractivity contribution in [3.05, 3.63) is 102 Å². The smallest absolute Gasteiger partial charge is 0.325 e. The summed E-state index contributed by atoms with van der Waals surface area (Å²) in [5.41, 5.74) is -1.75. The summed E-state index contributed by atoms with van der Waals surface area (Å²) in [6.45, 7) is 0. The maximum absolute atomic E-state index is 13.7. The standard InChI is InChI=1S/C24H16F6N4O/c25-23(26,27)16-9-7-14(8-10-16)20(21-18(24(28,29)30)5-3-11-31-21)34-22(35)33-17-12-15-4-1-2-6-19(15)32-13-17/h1-13,20H,(H2,33,34,35). The number of rotatable bonds is 4. The van der Waals surface area contributed by atoms with Crippen LogP contribution in [0.4, 0.5) is 36.8 Å². The van der Waals surface area contributed by atoms with Crippen LogP contribution in [0.15, 0.2) is 79.1 Å². The van der Waals surface area contributed by atoms with E-state index in [4.69, 9.17) is 0 Å². The largest absolute Gasteiger partial charge is 0.418 e. The summed E-state index contributed by atoms with van der Waals surface area (Å²) in [7, 11) is 0. The highest BCUT2D eigenvalue weighted by atomic mass is 19.4. The van der Waals surface area contributed by atoms with Gasteiger partial charge in [-0.1, -0.05) is 30.3 Å². The number of halogens is 6. The van der Waals surface area contributed by atoms with E-state index >= 15 is 0 Å². The van der Waals surface area contributed by atoms with Crippen molar-refractivity contribution in [1.82, 2.24) is 15.3 Å². The van der Waals surface area contributed by atoms with E-state index in [-0.39, 0.29) is 11.3 Å². The number of nitrogens with zero attached hydrogens (tertiary/aromatic N) is 2. The summed E-state index contributed by atoms with van der Waals surface area (Å²) < 4.78 is 79.9. The Hall–Kier alpha value is -4.15. The lowest BCUT2D eigenvalue weighted by atomic mass is 9.98. The Morgan fingerprint density at radius 2 is 1.54 bits per heavy atom. The quantitative estimate of drug-likeness (QED) is 0.318. The Balaban J connectivity index is 1.68. The first kappa shape index (κ1) is 24.0. The minimum absolute atomic E-state index is 0.0195. The van der Waals surface area contributed by atoms with Crippen molar-refractivity contribution < 1.29 is 31.1 Å². The van der Waals surface area contributed by atoms with Crippen molar-refractivity contribution in [1.29, 1.82) is 0 Å². The number of urea groups is 1. The summed E-state index contributed by atoms with van der Waals surface area (Å²) in [4.78, 5) is 20.7. The van der Waals surface area contributed by atoms with Crippen LogP contribution in [-0.4, -0.2) is 16.0 Å². The van der Waals surface area contributed by atoms with Crippen LogP contribution in [0.1, 0.15) is 28.4 Å². The molecule has 0 aliphatic rings. The molecule has 0 saturated heterocycles.